The van der Waals surface area contributed by atoms with Crippen LogP contribution in [0.15, 0.2) is 50.5 Å². The van der Waals surface area contributed by atoms with E-state index in [1.807, 2.05) is 32.6 Å². The number of benzene rings is 1. The minimum absolute atomic E-state index is 0.0844. The van der Waals surface area contributed by atoms with Crippen LogP contribution in [-0.4, -0.2) is 50.4 Å². The smallest absolute Gasteiger partial charge is 0.353 e. The number of aromatic amines is 1. The zero-order valence-corrected chi connectivity index (χ0v) is 26.0. The first-order chi connectivity index (χ1) is 19.9. The van der Waals surface area contributed by atoms with Crippen LogP contribution in [0.1, 0.15) is 39.7 Å². The number of hydrogen-bond donors (Lipinski definition) is 2. The van der Waals surface area contributed by atoms with Crippen molar-refractivity contribution in [3.8, 4) is 10.4 Å². The maximum absolute atomic E-state index is 14.6. The molecule has 1 aliphatic rings. The highest BCUT2D eigenvalue weighted by molar-refractivity contribution is 7.99. The van der Waals surface area contributed by atoms with Crippen LogP contribution in [0.3, 0.4) is 0 Å². The highest BCUT2D eigenvalue weighted by Crippen LogP contribution is 2.49. The molecule has 8 nitrogen and oxygen atoms in total. The zero-order valence-electron chi connectivity index (χ0n) is 23.6. The number of nitrogens with zero attached hydrogens (tertiary/aromatic N) is 4. The lowest BCUT2D eigenvalue weighted by Crippen LogP contribution is -2.55. The van der Waals surface area contributed by atoms with Crippen molar-refractivity contribution in [1.29, 1.82) is 0 Å². The van der Waals surface area contributed by atoms with Gasteiger partial charge < -0.3 is 15.2 Å². The summed E-state index contributed by atoms with van der Waals surface area (Å²) in [7, 11) is 0. The predicted octanol–water partition coefficient (Wildman–Crippen LogP) is 6.28. The molecule has 226 valence electrons. The molecule has 2 N–H and O–H groups in total. The summed E-state index contributed by atoms with van der Waals surface area (Å²) in [6.07, 6.45) is -0.849. The molecule has 1 saturated heterocycles. The van der Waals surface area contributed by atoms with Gasteiger partial charge in [0, 0.05) is 70.2 Å². The molecule has 0 radical (unpaired) electrons. The van der Waals surface area contributed by atoms with Gasteiger partial charge in [-0.3, -0.25) is 4.57 Å². The van der Waals surface area contributed by atoms with Crippen molar-refractivity contribution >= 4 is 51.4 Å². The lowest BCUT2D eigenvalue weighted by atomic mass is 10.0. The second kappa shape index (κ2) is 13.6. The molecule has 1 aromatic carbocycles. The van der Waals surface area contributed by atoms with Crippen molar-refractivity contribution in [2.75, 3.05) is 23.7 Å². The normalized spacial score (nSPS) is 17.3. The van der Waals surface area contributed by atoms with E-state index in [9.17, 15) is 22.8 Å². The van der Waals surface area contributed by atoms with E-state index in [1.165, 1.54) is 46.1 Å². The van der Waals surface area contributed by atoms with Crippen LogP contribution in [0, 0.1) is 0 Å². The number of fused-ring (bicyclic) bond motifs is 1. The topological polar surface area (TPSA) is 95.9 Å². The SMILES string of the molecule is CCCSc1c(-c2cc(Cl)cs2)c(C(F)(F)F)cc2c(N3CC(C)NC(C)C3)nc(=O)n(CC)c12.O=c1nccc[nH]1. The van der Waals surface area contributed by atoms with Crippen LogP contribution in [0.4, 0.5) is 19.0 Å². The van der Waals surface area contributed by atoms with Crippen molar-refractivity contribution in [3.63, 3.8) is 0 Å². The quantitative estimate of drug-likeness (QED) is 0.240. The lowest BCUT2D eigenvalue weighted by Gasteiger charge is -2.37. The Labute approximate surface area is 254 Å². The fourth-order valence-corrected chi connectivity index (χ4v) is 7.33. The van der Waals surface area contributed by atoms with Gasteiger partial charge in [-0.05, 0) is 51.1 Å². The van der Waals surface area contributed by atoms with Crippen molar-refractivity contribution in [2.24, 2.45) is 0 Å². The molecule has 0 aliphatic carbocycles. The number of thiophene rings is 1. The summed E-state index contributed by atoms with van der Waals surface area (Å²) in [5.41, 5.74) is -0.902. The standard InChI is InChI=1S/C24H28ClF3N4OS2.C4H4N2O/c1-5-7-34-21-19(18-8-15(25)12-35-18)17(24(26,27)28)9-16-20(21)32(6-2)23(33)30-22(16)31-10-13(3)29-14(4)11-31;7-4-5-2-1-3-6-4/h8-9,12-14,29H,5-7,10-11H2,1-4H3;1-3H,(H,5,6,7). The van der Waals surface area contributed by atoms with Gasteiger partial charge in [-0.1, -0.05) is 18.5 Å². The van der Waals surface area contributed by atoms with Crippen molar-refractivity contribution < 1.29 is 13.2 Å². The molecule has 2 unspecified atom stereocenters. The number of nitrogens with one attached hydrogen (secondary N) is 2. The Kier molecular flexibility index (Phi) is 10.4. The Bertz CT molecular complexity index is 1630. The largest absolute Gasteiger partial charge is 0.417 e. The number of anilines is 1. The number of rotatable bonds is 6. The molecule has 5 rings (SSSR count). The van der Waals surface area contributed by atoms with Crippen molar-refractivity contribution in [3.05, 3.63) is 67.5 Å². The molecule has 3 aromatic heterocycles. The van der Waals surface area contributed by atoms with Crippen LogP contribution < -0.4 is 21.6 Å². The summed E-state index contributed by atoms with van der Waals surface area (Å²) in [6, 6.07) is 4.61. The van der Waals surface area contributed by atoms with E-state index >= 15 is 0 Å². The fraction of sp³-hybridized carbons (Fsp3) is 0.429. The Morgan fingerprint density at radius 1 is 1.17 bits per heavy atom. The second-order valence-corrected chi connectivity index (χ2v) is 12.4. The van der Waals surface area contributed by atoms with Gasteiger partial charge in [0.1, 0.15) is 5.82 Å². The highest BCUT2D eigenvalue weighted by atomic mass is 35.5. The Balaban J connectivity index is 0.000000507. The number of hydrogen-bond acceptors (Lipinski definition) is 8. The number of piperazine rings is 1. The van der Waals surface area contributed by atoms with Gasteiger partial charge in [0.05, 0.1) is 16.1 Å². The molecule has 42 heavy (non-hydrogen) atoms. The van der Waals surface area contributed by atoms with Crippen LogP contribution in [0.25, 0.3) is 21.3 Å². The molecular weight excluding hydrogens is 609 g/mol. The van der Waals surface area contributed by atoms with Gasteiger partial charge >= 0.3 is 17.6 Å². The first kappa shape index (κ1) is 32.1. The predicted molar refractivity (Wildman–Crippen MR) is 165 cm³/mol. The molecule has 1 aliphatic heterocycles. The number of aromatic nitrogens is 4. The van der Waals surface area contributed by atoms with Gasteiger partial charge in [0.2, 0.25) is 0 Å². The van der Waals surface area contributed by atoms with Gasteiger partial charge in [-0.2, -0.15) is 18.2 Å². The van der Waals surface area contributed by atoms with Gasteiger partial charge in [0.25, 0.3) is 0 Å². The Morgan fingerprint density at radius 2 is 1.88 bits per heavy atom. The number of thioether (sulfide) groups is 1. The summed E-state index contributed by atoms with van der Waals surface area (Å²) in [4.78, 5) is 36.2. The third kappa shape index (κ3) is 7.19. The summed E-state index contributed by atoms with van der Waals surface area (Å²) in [5, 5.41) is 5.79. The summed E-state index contributed by atoms with van der Waals surface area (Å²) >= 11 is 8.66. The zero-order chi connectivity index (χ0) is 30.6. The van der Waals surface area contributed by atoms with E-state index in [0.29, 0.717) is 56.9 Å². The Hall–Kier alpha value is -2.87. The number of halogens is 4. The van der Waals surface area contributed by atoms with Gasteiger partial charge in [-0.25, -0.2) is 14.6 Å². The van der Waals surface area contributed by atoms with Gasteiger partial charge in [-0.15, -0.1) is 23.1 Å². The molecule has 14 heteroatoms. The number of aryl methyl sites for hydroxylation is 1. The first-order valence-corrected chi connectivity index (χ1v) is 15.8. The summed E-state index contributed by atoms with van der Waals surface area (Å²) < 4.78 is 45.2. The van der Waals surface area contributed by atoms with E-state index in [4.69, 9.17) is 11.6 Å². The third-order valence-electron chi connectivity index (χ3n) is 6.52. The van der Waals surface area contributed by atoms with Crippen LogP contribution in [0.2, 0.25) is 5.02 Å². The van der Waals surface area contributed by atoms with Crippen LogP contribution >= 0.6 is 34.7 Å². The average Bonchev–Trinajstić information content (AvgIpc) is 3.36. The van der Waals surface area contributed by atoms with Crippen molar-refractivity contribution in [1.82, 2.24) is 24.8 Å². The van der Waals surface area contributed by atoms with E-state index in [2.05, 4.69) is 20.3 Å². The van der Waals surface area contributed by atoms with Crippen LogP contribution in [-0.2, 0) is 12.7 Å². The maximum atomic E-state index is 14.6. The van der Waals surface area contributed by atoms with E-state index in [1.54, 1.807) is 17.5 Å². The molecule has 0 bridgehead atoms. The molecular formula is C28H32ClF3N6O2S2. The minimum atomic E-state index is -4.60. The minimum Gasteiger partial charge on any atom is -0.353 e. The second-order valence-electron chi connectivity index (χ2n) is 9.92. The molecule has 2 atom stereocenters. The fourth-order valence-electron chi connectivity index (χ4n) is 4.99. The monoisotopic (exact) mass is 640 g/mol. The third-order valence-corrected chi connectivity index (χ3v) is 9.12. The molecule has 1 fully saturated rings. The van der Waals surface area contributed by atoms with Crippen LogP contribution in [0.5, 0.6) is 0 Å². The lowest BCUT2D eigenvalue weighted by molar-refractivity contribution is -0.137. The Morgan fingerprint density at radius 3 is 2.38 bits per heavy atom. The van der Waals surface area contributed by atoms with E-state index in [0.717, 1.165) is 6.42 Å². The number of H-pyrrole nitrogens is 1. The molecule has 0 spiro atoms. The molecule has 0 amide bonds. The molecule has 4 aromatic rings. The van der Waals surface area contributed by atoms with Gasteiger partial charge in [0.15, 0.2) is 0 Å². The molecule has 0 saturated carbocycles. The number of alkyl halides is 3. The average molecular weight is 641 g/mol. The maximum Gasteiger partial charge on any atom is 0.417 e. The highest BCUT2D eigenvalue weighted by Gasteiger charge is 2.38. The summed E-state index contributed by atoms with van der Waals surface area (Å²) in [5.74, 6) is 0.925. The molecule has 4 heterocycles. The van der Waals surface area contributed by atoms with E-state index in [-0.39, 0.29) is 23.3 Å². The van der Waals surface area contributed by atoms with Crippen molar-refractivity contribution in [2.45, 2.75) is 63.8 Å². The summed E-state index contributed by atoms with van der Waals surface area (Å²) in [6.45, 7) is 9.21. The first-order valence-electron chi connectivity index (χ1n) is 13.5. The van der Waals surface area contributed by atoms with E-state index < -0.39 is 17.4 Å².